The maximum absolute atomic E-state index is 13.2. The Morgan fingerprint density at radius 3 is 2.45 bits per heavy atom. The van der Waals surface area contributed by atoms with Crippen LogP contribution < -0.4 is 10.7 Å². The molecule has 0 fully saturated rings. The van der Waals surface area contributed by atoms with Crippen LogP contribution in [0.4, 0.5) is 5.69 Å². The van der Waals surface area contributed by atoms with Gasteiger partial charge in [-0.2, -0.15) is 5.10 Å². The lowest BCUT2D eigenvalue weighted by atomic mass is 10.0. The molecule has 0 aliphatic heterocycles. The number of halogens is 1. The lowest BCUT2D eigenvalue weighted by Crippen LogP contribution is -2.25. The minimum absolute atomic E-state index is 0.0934. The Kier molecular flexibility index (Phi) is 6.56. The molecule has 0 spiro atoms. The molecular weight excluding hydrogens is 436 g/mol. The van der Waals surface area contributed by atoms with E-state index >= 15 is 0 Å². The van der Waals surface area contributed by atoms with Gasteiger partial charge in [0.25, 0.3) is 5.91 Å². The number of pyridine rings is 1. The van der Waals surface area contributed by atoms with Crippen molar-refractivity contribution in [1.82, 2.24) is 9.83 Å². The second-order valence-electron chi connectivity index (χ2n) is 7.69. The van der Waals surface area contributed by atoms with Gasteiger partial charge in [0.15, 0.2) is 0 Å². The van der Waals surface area contributed by atoms with Crippen molar-refractivity contribution in [2.24, 2.45) is 5.10 Å². The molecule has 2 aromatic carbocycles. The molecule has 1 amide bonds. The number of hydrogen-bond acceptors (Lipinski definition) is 4. The van der Waals surface area contributed by atoms with Gasteiger partial charge in [0.2, 0.25) is 5.78 Å². The van der Waals surface area contributed by atoms with Gasteiger partial charge in [0, 0.05) is 28.0 Å². The highest BCUT2D eigenvalue weighted by atomic mass is 35.5. The standard InChI is InChI=1S/C26H23ClN4O2/c1-17-6-12-21(13-7-17)28-16-24(32)30-29-15-22-18(2)25(31-14-4-3-5-23(22)31)26(33)19-8-10-20(27)11-9-19/h3-15,28H,16H2,1-2H3,(H,30,32). The van der Waals surface area contributed by atoms with Crippen LogP contribution in [0.25, 0.3) is 5.52 Å². The van der Waals surface area contributed by atoms with Crippen LogP contribution >= 0.6 is 11.6 Å². The van der Waals surface area contributed by atoms with E-state index in [1.165, 1.54) is 0 Å². The van der Waals surface area contributed by atoms with E-state index in [1.54, 1.807) is 30.5 Å². The molecule has 0 saturated heterocycles. The monoisotopic (exact) mass is 458 g/mol. The van der Waals surface area contributed by atoms with Gasteiger partial charge in [-0.1, -0.05) is 35.4 Å². The summed E-state index contributed by atoms with van der Waals surface area (Å²) in [6.45, 7) is 3.97. The molecule has 4 rings (SSSR count). The molecular formula is C26H23ClN4O2. The normalized spacial score (nSPS) is 11.1. The first-order valence-corrected chi connectivity index (χ1v) is 10.8. The van der Waals surface area contributed by atoms with Crippen LogP contribution in [0.15, 0.2) is 78.0 Å². The first kappa shape index (κ1) is 22.3. The SMILES string of the molecule is Cc1ccc(NCC(=O)NN=Cc2c(C)c(C(=O)c3ccc(Cl)cc3)n3ccccc23)cc1. The molecule has 2 N–H and O–H groups in total. The molecule has 0 saturated carbocycles. The topological polar surface area (TPSA) is 75.0 Å². The van der Waals surface area contributed by atoms with E-state index in [2.05, 4.69) is 15.8 Å². The minimum atomic E-state index is -0.273. The van der Waals surface area contributed by atoms with Crippen molar-refractivity contribution in [1.29, 1.82) is 0 Å². The van der Waals surface area contributed by atoms with E-state index in [0.717, 1.165) is 27.9 Å². The number of ketones is 1. The van der Waals surface area contributed by atoms with Gasteiger partial charge in [-0.05, 0) is 67.9 Å². The van der Waals surface area contributed by atoms with Crippen molar-refractivity contribution in [3.05, 3.63) is 106 Å². The number of carbonyl (C=O) groups is 2. The third-order valence-electron chi connectivity index (χ3n) is 5.34. The summed E-state index contributed by atoms with van der Waals surface area (Å²) in [4.78, 5) is 25.4. The summed E-state index contributed by atoms with van der Waals surface area (Å²) in [6.07, 6.45) is 3.42. The summed E-state index contributed by atoms with van der Waals surface area (Å²) in [5, 5.41) is 7.76. The maximum Gasteiger partial charge on any atom is 0.259 e. The van der Waals surface area contributed by atoms with Crippen molar-refractivity contribution in [3.8, 4) is 0 Å². The second kappa shape index (κ2) is 9.71. The number of benzene rings is 2. The Hall–Kier alpha value is -3.90. The molecule has 0 radical (unpaired) electrons. The van der Waals surface area contributed by atoms with Crippen LogP contribution in [0, 0.1) is 13.8 Å². The molecule has 0 unspecified atom stereocenters. The molecule has 33 heavy (non-hydrogen) atoms. The highest BCUT2D eigenvalue weighted by Crippen LogP contribution is 2.24. The Balaban J connectivity index is 1.53. The molecule has 0 aliphatic rings. The highest BCUT2D eigenvalue weighted by molar-refractivity contribution is 6.30. The highest BCUT2D eigenvalue weighted by Gasteiger charge is 2.20. The Bertz CT molecular complexity index is 1340. The molecule has 0 aliphatic carbocycles. The maximum atomic E-state index is 13.2. The summed E-state index contributed by atoms with van der Waals surface area (Å²) in [5.41, 5.74) is 8.00. The number of aryl methyl sites for hydroxylation is 1. The first-order valence-electron chi connectivity index (χ1n) is 10.5. The number of aromatic nitrogens is 1. The molecule has 0 bridgehead atoms. The summed E-state index contributed by atoms with van der Waals surface area (Å²) in [5.74, 6) is -0.387. The lowest BCUT2D eigenvalue weighted by molar-refractivity contribution is -0.119. The van der Waals surface area contributed by atoms with Crippen LogP contribution in [0.1, 0.15) is 32.7 Å². The zero-order chi connectivity index (χ0) is 23.4. The minimum Gasteiger partial charge on any atom is -0.376 e. The van der Waals surface area contributed by atoms with E-state index in [9.17, 15) is 9.59 Å². The van der Waals surface area contributed by atoms with Gasteiger partial charge in [0.1, 0.15) is 0 Å². The van der Waals surface area contributed by atoms with Crippen LogP contribution in [0.5, 0.6) is 0 Å². The Morgan fingerprint density at radius 2 is 1.73 bits per heavy atom. The molecule has 0 atom stereocenters. The lowest BCUT2D eigenvalue weighted by Gasteiger charge is -2.05. The van der Waals surface area contributed by atoms with Gasteiger partial charge >= 0.3 is 0 Å². The number of hydrazone groups is 1. The van der Waals surface area contributed by atoms with E-state index in [-0.39, 0.29) is 18.2 Å². The van der Waals surface area contributed by atoms with E-state index in [0.29, 0.717) is 16.3 Å². The average Bonchev–Trinajstić information content (AvgIpc) is 3.10. The molecule has 7 heteroatoms. The fraction of sp³-hybridized carbons (Fsp3) is 0.115. The fourth-order valence-electron chi connectivity index (χ4n) is 3.60. The second-order valence-corrected chi connectivity index (χ2v) is 8.13. The van der Waals surface area contributed by atoms with Crippen LogP contribution in [-0.4, -0.2) is 28.9 Å². The number of fused-ring (bicyclic) bond motifs is 1. The van der Waals surface area contributed by atoms with Gasteiger partial charge in [0.05, 0.1) is 24.0 Å². The molecule has 166 valence electrons. The summed E-state index contributed by atoms with van der Waals surface area (Å²) >= 11 is 5.97. The van der Waals surface area contributed by atoms with Crippen LogP contribution in [0.3, 0.4) is 0 Å². The molecule has 2 aromatic heterocycles. The van der Waals surface area contributed by atoms with E-state index < -0.39 is 0 Å². The van der Waals surface area contributed by atoms with Gasteiger partial charge < -0.3 is 9.72 Å². The number of nitrogens with zero attached hydrogens (tertiary/aromatic N) is 2. The van der Waals surface area contributed by atoms with Gasteiger partial charge in [-0.3, -0.25) is 9.59 Å². The largest absolute Gasteiger partial charge is 0.376 e. The third kappa shape index (κ3) is 4.96. The zero-order valence-corrected chi connectivity index (χ0v) is 19.1. The quantitative estimate of drug-likeness (QED) is 0.232. The van der Waals surface area contributed by atoms with Crippen molar-refractivity contribution in [3.63, 3.8) is 0 Å². The number of anilines is 1. The van der Waals surface area contributed by atoms with Crippen molar-refractivity contribution in [2.75, 3.05) is 11.9 Å². The summed E-state index contributed by atoms with van der Waals surface area (Å²) in [7, 11) is 0. The van der Waals surface area contributed by atoms with Crippen LogP contribution in [-0.2, 0) is 4.79 Å². The summed E-state index contributed by atoms with van der Waals surface area (Å²) < 4.78 is 1.84. The van der Waals surface area contributed by atoms with Crippen LogP contribution in [0.2, 0.25) is 5.02 Å². The number of nitrogens with one attached hydrogen (secondary N) is 2. The van der Waals surface area contributed by atoms with Crippen molar-refractivity contribution >= 4 is 40.7 Å². The summed E-state index contributed by atoms with van der Waals surface area (Å²) in [6, 6.07) is 20.3. The number of hydrogen-bond donors (Lipinski definition) is 2. The van der Waals surface area contributed by atoms with Crippen molar-refractivity contribution < 1.29 is 9.59 Å². The third-order valence-corrected chi connectivity index (χ3v) is 5.60. The Morgan fingerprint density at radius 1 is 1.00 bits per heavy atom. The predicted octanol–water partition coefficient (Wildman–Crippen LogP) is 5.00. The smallest absolute Gasteiger partial charge is 0.259 e. The number of rotatable bonds is 7. The fourth-order valence-corrected chi connectivity index (χ4v) is 3.73. The van der Waals surface area contributed by atoms with Crippen molar-refractivity contribution in [2.45, 2.75) is 13.8 Å². The van der Waals surface area contributed by atoms with Gasteiger partial charge in [-0.25, -0.2) is 5.43 Å². The predicted molar refractivity (Wildman–Crippen MR) is 132 cm³/mol. The number of amides is 1. The number of carbonyl (C=O) groups excluding carboxylic acids is 2. The van der Waals surface area contributed by atoms with E-state index in [1.807, 2.05) is 66.9 Å². The average molecular weight is 459 g/mol. The molecule has 6 nitrogen and oxygen atoms in total. The zero-order valence-electron chi connectivity index (χ0n) is 18.3. The first-order chi connectivity index (χ1) is 15.9. The van der Waals surface area contributed by atoms with Gasteiger partial charge in [-0.15, -0.1) is 0 Å². The molecule has 2 heterocycles. The Labute approximate surface area is 196 Å². The molecule has 4 aromatic rings. The van der Waals surface area contributed by atoms with E-state index in [4.69, 9.17) is 11.6 Å².